The molecule has 0 atom stereocenters. The van der Waals surface area contributed by atoms with Crippen LogP contribution in [0.1, 0.15) is 20.3 Å². The topological polar surface area (TPSA) is 75.7 Å². The molecule has 1 aliphatic heterocycles. The molecule has 1 aromatic rings. The zero-order valence-electron chi connectivity index (χ0n) is 10.5. The Kier molecular flexibility index (Phi) is 3.36. The number of hydrogen-bond acceptors (Lipinski definition) is 6. The molecule has 1 aliphatic rings. The number of hydrogen-bond donors (Lipinski definition) is 1. The first-order valence-electron chi connectivity index (χ1n) is 6.02. The van der Waals surface area contributed by atoms with E-state index in [0.29, 0.717) is 24.5 Å². The summed E-state index contributed by atoms with van der Waals surface area (Å²) in [5, 5.41) is 2.92. The summed E-state index contributed by atoms with van der Waals surface area (Å²) in [6.45, 7) is 4.75. The third kappa shape index (κ3) is 2.23. The number of anilines is 2. The lowest BCUT2D eigenvalue weighted by Gasteiger charge is -2.23. The Hall–Kier alpha value is -1.85. The highest BCUT2D eigenvalue weighted by Gasteiger charge is 2.29. The van der Waals surface area contributed by atoms with E-state index in [1.54, 1.807) is 18.7 Å². The molecular weight excluding hydrogens is 236 g/mol. The highest BCUT2D eigenvalue weighted by Crippen LogP contribution is 2.22. The summed E-state index contributed by atoms with van der Waals surface area (Å²) in [7, 11) is 0. The van der Waals surface area contributed by atoms with E-state index in [1.807, 2.05) is 0 Å². The second-order valence-electron chi connectivity index (χ2n) is 4.62. The number of ether oxygens (including phenoxy) is 1. The van der Waals surface area contributed by atoms with Crippen LogP contribution in [0.25, 0.3) is 0 Å². The van der Waals surface area contributed by atoms with Crippen molar-refractivity contribution < 1.29 is 9.53 Å². The van der Waals surface area contributed by atoms with Crippen LogP contribution in [0.3, 0.4) is 0 Å². The summed E-state index contributed by atoms with van der Waals surface area (Å²) in [5.74, 6) is -0.383. The summed E-state index contributed by atoms with van der Waals surface area (Å²) >= 11 is 0. The third-order valence-corrected chi connectivity index (χ3v) is 2.80. The van der Waals surface area contributed by atoms with Crippen molar-refractivity contribution in [2.75, 3.05) is 29.9 Å². The van der Waals surface area contributed by atoms with Crippen molar-refractivity contribution in [1.82, 2.24) is 0 Å². The first-order chi connectivity index (χ1) is 8.50. The molecule has 1 heterocycles. The fourth-order valence-corrected chi connectivity index (χ4v) is 2.05. The Labute approximate surface area is 104 Å². The SMILES string of the molecule is CC(C)OC(=O)CN1CCCNc2c1c(=O)c2=O. The molecule has 0 aliphatic carbocycles. The van der Waals surface area contributed by atoms with Crippen molar-refractivity contribution in [1.29, 1.82) is 0 Å². The summed E-state index contributed by atoms with van der Waals surface area (Å²) in [6.07, 6.45) is 0.581. The van der Waals surface area contributed by atoms with Crippen LogP contribution >= 0.6 is 0 Å². The van der Waals surface area contributed by atoms with Gasteiger partial charge in [-0.1, -0.05) is 0 Å². The van der Waals surface area contributed by atoms with Crippen molar-refractivity contribution in [2.45, 2.75) is 26.4 Å². The molecule has 0 amide bonds. The van der Waals surface area contributed by atoms with E-state index in [4.69, 9.17) is 4.74 Å². The van der Waals surface area contributed by atoms with Gasteiger partial charge in [-0.25, -0.2) is 0 Å². The van der Waals surface area contributed by atoms with Crippen LogP contribution in [-0.2, 0) is 9.53 Å². The molecule has 2 rings (SSSR count). The molecule has 1 aromatic carbocycles. The van der Waals surface area contributed by atoms with Crippen molar-refractivity contribution in [2.24, 2.45) is 0 Å². The van der Waals surface area contributed by atoms with Gasteiger partial charge in [-0.2, -0.15) is 0 Å². The van der Waals surface area contributed by atoms with E-state index in [1.165, 1.54) is 0 Å². The lowest BCUT2D eigenvalue weighted by molar-refractivity contribution is -0.145. The highest BCUT2D eigenvalue weighted by molar-refractivity contribution is 5.82. The lowest BCUT2D eigenvalue weighted by atomic mass is 10.1. The summed E-state index contributed by atoms with van der Waals surface area (Å²) in [4.78, 5) is 36.1. The molecule has 6 heteroatoms. The molecule has 0 fully saturated rings. The van der Waals surface area contributed by atoms with Gasteiger partial charge in [-0.15, -0.1) is 0 Å². The maximum Gasteiger partial charge on any atom is 0.325 e. The average molecular weight is 252 g/mol. The average Bonchev–Trinajstić information content (AvgIpc) is 2.47. The predicted octanol–water partition coefficient (Wildman–Crippen LogP) is -0.144. The number of carbonyl (C=O) groups is 1. The minimum Gasteiger partial charge on any atom is -0.462 e. The molecule has 1 N–H and O–H groups in total. The quantitative estimate of drug-likeness (QED) is 0.596. The second kappa shape index (κ2) is 4.80. The monoisotopic (exact) mass is 252 g/mol. The number of nitrogens with one attached hydrogen (secondary N) is 1. The van der Waals surface area contributed by atoms with Gasteiger partial charge in [0, 0.05) is 13.1 Å². The Bertz CT molecular complexity index is 528. The van der Waals surface area contributed by atoms with Gasteiger partial charge in [0.25, 0.3) is 10.9 Å². The molecule has 0 saturated carbocycles. The number of carbonyl (C=O) groups excluding carboxylic acids is 1. The van der Waals surface area contributed by atoms with Crippen LogP contribution in [0, 0.1) is 0 Å². The first-order valence-corrected chi connectivity index (χ1v) is 6.02. The Balaban J connectivity index is 2.14. The minimum absolute atomic E-state index is 0.0116. The minimum atomic E-state index is -0.517. The van der Waals surface area contributed by atoms with E-state index >= 15 is 0 Å². The summed E-state index contributed by atoms with van der Waals surface area (Å²) < 4.78 is 5.04. The highest BCUT2D eigenvalue weighted by atomic mass is 16.5. The fraction of sp³-hybridized carbons (Fsp3) is 0.583. The van der Waals surface area contributed by atoms with Gasteiger partial charge in [0.15, 0.2) is 0 Å². The molecule has 0 saturated heterocycles. The van der Waals surface area contributed by atoms with Gasteiger partial charge in [0.1, 0.15) is 17.9 Å². The maximum absolute atomic E-state index is 11.6. The van der Waals surface area contributed by atoms with Gasteiger partial charge in [-0.3, -0.25) is 14.4 Å². The molecule has 6 nitrogen and oxygen atoms in total. The molecule has 0 aromatic heterocycles. The van der Waals surface area contributed by atoms with Crippen molar-refractivity contribution in [3.05, 3.63) is 20.4 Å². The lowest BCUT2D eigenvalue weighted by Crippen LogP contribution is -2.43. The van der Waals surface area contributed by atoms with Crippen LogP contribution in [0.5, 0.6) is 0 Å². The smallest absolute Gasteiger partial charge is 0.325 e. The molecule has 0 unspecified atom stereocenters. The number of rotatable bonds is 3. The first kappa shape index (κ1) is 12.6. The van der Waals surface area contributed by atoms with Gasteiger partial charge < -0.3 is 15.0 Å². The zero-order chi connectivity index (χ0) is 13.3. The molecule has 0 radical (unpaired) electrons. The van der Waals surface area contributed by atoms with E-state index in [2.05, 4.69) is 5.32 Å². The molecule has 18 heavy (non-hydrogen) atoms. The fourth-order valence-electron chi connectivity index (χ4n) is 2.05. The van der Waals surface area contributed by atoms with Crippen molar-refractivity contribution in [3.63, 3.8) is 0 Å². The van der Waals surface area contributed by atoms with Crippen LogP contribution in [-0.4, -0.2) is 31.7 Å². The van der Waals surface area contributed by atoms with Crippen LogP contribution in [0.4, 0.5) is 11.4 Å². The van der Waals surface area contributed by atoms with Gasteiger partial charge in [0.2, 0.25) is 0 Å². The summed E-state index contributed by atoms with van der Waals surface area (Å²) in [5.41, 5.74) is -0.334. The largest absolute Gasteiger partial charge is 0.462 e. The van der Waals surface area contributed by atoms with Crippen LogP contribution in [0.2, 0.25) is 0 Å². The van der Waals surface area contributed by atoms with Gasteiger partial charge in [-0.05, 0) is 20.3 Å². The van der Waals surface area contributed by atoms with Crippen LogP contribution < -0.4 is 21.1 Å². The number of fused-ring (bicyclic) bond motifs is 1. The predicted molar refractivity (Wildman–Crippen MR) is 67.9 cm³/mol. The summed E-state index contributed by atoms with van der Waals surface area (Å²) in [6, 6.07) is 0. The number of nitrogens with zero attached hydrogens (tertiary/aromatic N) is 1. The normalized spacial score (nSPS) is 15.2. The Morgan fingerprint density at radius 2 is 2.11 bits per heavy atom. The number of esters is 1. The van der Waals surface area contributed by atoms with E-state index in [0.717, 1.165) is 6.42 Å². The molecular formula is C12H16N2O4. The standard InChI is InChI=1S/C12H16N2O4/c1-7(2)18-8(15)6-14-5-3-4-13-9-10(14)12(17)11(9)16/h7,13H,3-6H2,1-2H3. The van der Waals surface area contributed by atoms with Gasteiger partial charge in [0.05, 0.1) is 6.10 Å². The third-order valence-electron chi connectivity index (χ3n) is 2.80. The van der Waals surface area contributed by atoms with Crippen LogP contribution in [0.15, 0.2) is 9.59 Å². The van der Waals surface area contributed by atoms with Crippen molar-refractivity contribution in [3.8, 4) is 0 Å². The van der Waals surface area contributed by atoms with E-state index in [-0.39, 0.29) is 18.6 Å². The molecule has 0 spiro atoms. The zero-order valence-corrected chi connectivity index (χ0v) is 10.5. The second-order valence-corrected chi connectivity index (χ2v) is 4.62. The molecule has 98 valence electrons. The van der Waals surface area contributed by atoms with E-state index in [9.17, 15) is 14.4 Å². The van der Waals surface area contributed by atoms with Crippen molar-refractivity contribution >= 4 is 17.3 Å². The maximum atomic E-state index is 11.6. The Morgan fingerprint density at radius 1 is 1.39 bits per heavy atom. The Morgan fingerprint density at radius 3 is 2.78 bits per heavy atom. The molecule has 0 bridgehead atoms. The van der Waals surface area contributed by atoms with E-state index < -0.39 is 10.9 Å². The van der Waals surface area contributed by atoms with Gasteiger partial charge >= 0.3 is 5.97 Å².